The van der Waals surface area contributed by atoms with E-state index >= 15 is 0 Å². The van der Waals surface area contributed by atoms with E-state index in [-0.39, 0.29) is 0 Å². The van der Waals surface area contributed by atoms with Crippen molar-refractivity contribution in [2.45, 2.75) is 154 Å². The lowest BCUT2D eigenvalue weighted by atomic mass is 9.89. The van der Waals surface area contributed by atoms with Crippen molar-refractivity contribution < 1.29 is 14.4 Å². The van der Waals surface area contributed by atoms with Gasteiger partial charge in [0, 0.05) is 0 Å². The van der Waals surface area contributed by atoms with E-state index in [4.69, 9.17) is 0 Å². The Bertz CT molecular complexity index is 370. The van der Waals surface area contributed by atoms with Gasteiger partial charge in [-0.1, -0.05) is 130 Å². The van der Waals surface area contributed by atoms with E-state index in [1.54, 1.807) is 0 Å². The Morgan fingerprint density at radius 2 is 0.786 bits per heavy atom. The van der Waals surface area contributed by atoms with Gasteiger partial charge in [-0.3, -0.25) is 4.57 Å². The zero-order chi connectivity index (χ0) is 21.1. The van der Waals surface area contributed by atoms with E-state index in [0.29, 0.717) is 19.3 Å². The first-order valence-electron chi connectivity index (χ1n) is 12.5. The summed E-state index contributed by atoms with van der Waals surface area (Å²) in [6.07, 6.45) is 22.9. The number of hydrogen-bond acceptors (Lipinski definition) is 1. The van der Waals surface area contributed by atoms with Gasteiger partial charge in [0.05, 0.1) is 5.16 Å². The summed E-state index contributed by atoms with van der Waals surface area (Å²) in [6, 6.07) is 0. The van der Waals surface area contributed by atoms with E-state index in [1.807, 2.05) is 0 Å². The molecule has 0 heterocycles. The van der Waals surface area contributed by atoms with Crippen molar-refractivity contribution in [3.63, 3.8) is 0 Å². The van der Waals surface area contributed by atoms with Gasteiger partial charge in [-0.25, -0.2) is 0 Å². The quantitative estimate of drug-likeness (QED) is 0.145. The third kappa shape index (κ3) is 13.4. The Kier molecular flexibility index (Phi) is 18.1. The molecule has 4 heteroatoms. The molecule has 0 saturated carbocycles. The second kappa shape index (κ2) is 18.0. The van der Waals surface area contributed by atoms with Crippen LogP contribution in [0.5, 0.6) is 0 Å². The van der Waals surface area contributed by atoms with E-state index in [9.17, 15) is 14.4 Å². The van der Waals surface area contributed by atoms with Crippen LogP contribution in [0.25, 0.3) is 0 Å². The summed E-state index contributed by atoms with van der Waals surface area (Å²) in [5, 5.41) is -0.753. The summed E-state index contributed by atoms with van der Waals surface area (Å²) < 4.78 is 12.3. The topological polar surface area (TPSA) is 57.5 Å². The van der Waals surface area contributed by atoms with Crippen LogP contribution >= 0.6 is 7.60 Å². The molecule has 0 aromatic carbocycles. The standard InChI is InChI=1S/C24H51O3P/c1-4-7-10-11-12-13-14-15-16-17-18-19-20-23-24(21-8-5-2,22-9-6-3)28(25,26)27/h4-23H2,1-3H3,(H2,25,26,27). The predicted molar refractivity (Wildman–Crippen MR) is 124 cm³/mol. The van der Waals surface area contributed by atoms with Gasteiger partial charge in [-0.2, -0.15) is 0 Å². The average molecular weight is 419 g/mol. The van der Waals surface area contributed by atoms with Crippen LogP contribution in [0, 0.1) is 0 Å². The van der Waals surface area contributed by atoms with Gasteiger partial charge in [0.15, 0.2) is 0 Å². The highest BCUT2D eigenvalue weighted by Gasteiger charge is 2.44. The van der Waals surface area contributed by atoms with Gasteiger partial charge in [-0.05, 0) is 19.3 Å². The SMILES string of the molecule is CCCCCCCCCCCCCCCC(CCCC)(CCCC)P(=O)(O)O. The summed E-state index contributed by atoms with van der Waals surface area (Å²) >= 11 is 0. The minimum Gasteiger partial charge on any atom is -0.324 e. The molecule has 0 aliphatic carbocycles. The van der Waals surface area contributed by atoms with Crippen molar-refractivity contribution in [2.75, 3.05) is 0 Å². The minimum atomic E-state index is -4.05. The Hall–Kier alpha value is 0.150. The van der Waals surface area contributed by atoms with Gasteiger partial charge in [0.25, 0.3) is 0 Å². The van der Waals surface area contributed by atoms with E-state index in [1.165, 1.54) is 70.6 Å². The monoisotopic (exact) mass is 418 g/mol. The fourth-order valence-corrected chi connectivity index (χ4v) is 5.64. The van der Waals surface area contributed by atoms with Gasteiger partial charge in [0.1, 0.15) is 0 Å². The molecule has 0 bridgehead atoms. The summed E-state index contributed by atoms with van der Waals surface area (Å²) in [4.78, 5) is 20.2. The van der Waals surface area contributed by atoms with Crippen molar-refractivity contribution in [2.24, 2.45) is 0 Å². The molecule has 0 radical (unpaired) electrons. The van der Waals surface area contributed by atoms with Crippen LogP contribution in [0.2, 0.25) is 0 Å². The molecule has 0 atom stereocenters. The molecule has 3 nitrogen and oxygen atoms in total. The molecule has 0 spiro atoms. The molecule has 0 amide bonds. The van der Waals surface area contributed by atoms with Crippen LogP contribution in [0.15, 0.2) is 0 Å². The van der Waals surface area contributed by atoms with Gasteiger partial charge >= 0.3 is 7.60 Å². The highest BCUT2D eigenvalue weighted by molar-refractivity contribution is 7.53. The zero-order valence-corrected chi connectivity index (χ0v) is 20.3. The smallest absolute Gasteiger partial charge is 0.324 e. The molecule has 0 unspecified atom stereocenters. The molecule has 0 aromatic heterocycles. The maximum atomic E-state index is 12.3. The van der Waals surface area contributed by atoms with Crippen molar-refractivity contribution in [1.82, 2.24) is 0 Å². The van der Waals surface area contributed by atoms with Crippen LogP contribution in [0.3, 0.4) is 0 Å². The molecular weight excluding hydrogens is 367 g/mol. The van der Waals surface area contributed by atoms with Crippen LogP contribution in [0.4, 0.5) is 0 Å². The molecule has 28 heavy (non-hydrogen) atoms. The Morgan fingerprint density at radius 1 is 0.500 bits per heavy atom. The van der Waals surface area contributed by atoms with Crippen LogP contribution < -0.4 is 0 Å². The Labute approximate surface area is 176 Å². The fourth-order valence-electron chi connectivity index (χ4n) is 4.30. The van der Waals surface area contributed by atoms with Crippen molar-refractivity contribution >= 4 is 7.60 Å². The Morgan fingerprint density at radius 3 is 1.11 bits per heavy atom. The van der Waals surface area contributed by atoms with Crippen molar-refractivity contribution in [3.8, 4) is 0 Å². The van der Waals surface area contributed by atoms with Gasteiger partial charge in [-0.15, -0.1) is 0 Å². The van der Waals surface area contributed by atoms with E-state index in [0.717, 1.165) is 38.5 Å². The molecule has 0 saturated heterocycles. The highest BCUT2D eigenvalue weighted by atomic mass is 31.2. The first-order valence-corrected chi connectivity index (χ1v) is 14.1. The number of unbranched alkanes of at least 4 members (excludes halogenated alkanes) is 14. The molecule has 170 valence electrons. The Balaban J connectivity index is 3.97. The third-order valence-corrected chi connectivity index (χ3v) is 8.26. The average Bonchev–Trinajstić information content (AvgIpc) is 2.66. The molecule has 0 aromatic rings. The number of hydrogen-bond donors (Lipinski definition) is 2. The summed E-state index contributed by atoms with van der Waals surface area (Å²) in [7, 11) is -4.05. The molecule has 0 aliphatic rings. The normalized spacial score (nSPS) is 12.6. The zero-order valence-electron chi connectivity index (χ0n) is 19.4. The van der Waals surface area contributed by atoms with Crippen LogP contribution in [0.1, 0.15) is 149 Å². The maximum Gasteiger partial charge on any atom is 0.331 e. The van der Waals surface area contributed by atoms with Gasteiger partial charge < -0.3 is 9.79 Å². The highest BCUT2D eigenvalue weighted by Crippen LogP contribution is 2.58. The third-order valence-electron chi connectivity index (χ3n) is 6.35. The van der Waals surface area contributed by atoms with Gasteiger partial charge in [0.2, 0.25) is 0 Å². The predicted octanol–water partition coefficient (Wildman–Crippen LogP) is 8.76. The lowest BCUT2D eigenvalue weighted by Gasteiger charge is -2.35. The summed E-state index contributed by atoms with van der Waals surface area (Å²) in [5.74, 6) is 0. The second-order valence-corrected chi connectivity index (χ2v) is 11.0. The molecule has 0 fully saturated rings. The largest absolute Gasteiger partial charge is 0.331 e. The fraction of sp³-hybridized carbons (Fsp3) is 1.00. The summed E-state index contributed by atoms with van der Waals surface area (Å²) in [5.41, 5.74) is 0. The first-order chi connectivity index (χ1) is 13.4. The van der Waals surface area contributed by atoms with E-state index < -0.39 is 12.8 Å². The maximum absolute atomic E-state index is 12.3. The molecular formula is C24H51O3P. The number of rotatable bonds is 21. The lowest BCUT2D eigenvalue weighted by molar-refractivity contribution is 0.284. The molecule has 2 N–H and O–H groups in total. The second-order valence-electron chi connectivity index (χ2n) is 8.97. The van der Waals surface area contributed by atoms with Crippen LogP contribution in [-0.4, -0.2) is 14.9 Å². The molecule has 0 aliphatic heterocycles. The van der Waals surface area contributed by atoms with Crippen LogP contribution in [-0.2, 0) is 4.57 Å². The summed E-state index contributed by atoms with van der Waals surface area (Å²) in [6.45, 7) is 6.48. The van der Waals surface area contributed by atoms with Crippen molar-refractivity contribution in [1.29, 1.82) is 0 Å². The first kappa shape index (κ1) is 28.1. The van der Waals surface area contributed by atoms with Crippen molar-refractivity contribution in [3.05, 3.63) is 0 Å². The van der Waals surface area contributed by atoms with E-state index in [2.05, 4.69) is 20.8 Å². The molecule has 0 rings (SSSR count). The lowest BCUT2D eigenvalue weighted by Crippen LogP contribution is -2.29. The minimum absolute atomic E-state index is 0.687.